The number of hydrogen-bond acceptors (Lipinski definition) is 6. The molecule has 0 radical (unpaired) electrons. The molecule has 7 nitrogen and oxygen atoms in total. The lowest BCUT2D eigenvalue weighted by molar-refractivity contribution is 0.122. The highest BCUT2D eigenvalue weighted by molar-refractivity contribution is 5.93. The summed E-state index contributed by atoms with van der Waals surface area (Å²) >= 11 is 0. The highest BCUT2D eigenvalue weighted by atomic mass is 16.5. The summed E-state index contributed by atoms with van der Waals surface area (Å²) in [6, 6.07) is 14.0. The van der Waals surface area contributed by atoms with Gasteiger partial charge in [0, 0.05) is 72.4 Å². The summed E-state index contributed by atoms with van der Waals surface area (Å²) in [5.74, 6) is 1.64. The molecule has 5 rings (SSSR count). The summed E-state index contributed by atoms with van der Waals surface area (Å²) in [6.45, 7) is 3.05. The molecule has 1 unspecified atom stereocenters. The van der Waals surface area contributed by atoms with Crippen molar-refractivity contribution in [2.24, 2.45) is 5.73 Å². The number of benzene rings is 1. The third-order valence-corrected chi connectivity index (χ3v) is 5.48. The number of H-pyrrole nitrogens is 1. The summed E-state index contributed by atoms with van der Waals surface area (Å²) in [4.78, 5) is 19.6. The molecule has 1 atom stereocenters. The SMILES string of the molecule is NC(Cc1cc(N2CCOCC2)nc(-c2cccc3[nH]ccc23)n1)c1cccnc1. The van der Waals surface area contributed by atoms with Gasteiger partial charge in [-0.05, 0) is 23.8 Å². The third kappa shape index (κ3) is 3.77. The number of morpholine rings is 1. The monoisotopic (exact) mass is 400 g/mol. The topological polar surface area (TPSA) is 92.9 Å². The zero-order valence-electron chi connectivity index (χ0n) is 16.7. The van der Waals surface area contributed by atoms with Crippen molar-refractivity contribution in [3.63, 3.8) is 0 Å². The molecular weight excluding hydrogens is 376 g/mol. The maximum Gasteiger partial charge on any atom is 0.162 e. The van der Waals surface area contributed by atoms with E-state index in [4.69, 9.17) is 20.4 Å². The number of anilines is 1. The molecule has 7 heteroatoms. The second kappa shape index (κ2) is 8.22. The summed E-state index contributed by atoms with van der Waals surface area (Å²) in [5, 5.41) is 1.11. The summed E-state index contributed by atoms with van der Waals surface area (Å²) in [7, 11) is 0. The van der Waals surface area contributed by atoms with Crippen LogP contribution in [0.3, 0.4) is 0 Å². The fraction of sp³-hybridized carbons (Fsp3) is 0.261. The van der Waals surface area contributed by atoms with Crippen LogP contribution >= 0.6 is 0 Å². The zero-order chi connectivity index (χ0) is 20.3. The molecule has 1 aliphatic heterocycles. The van der Waals surface area contributed by atoms with Crippen LogP contribution < -0.4 is 10.6 Å². The van der Waals surface area contributed by atoms with Gasteiger partial charge in [-0.1, -0.05) is 18.2 Å². The van der Waals surface area contributed by atoms with E-state index in [0.717, 1.165) is 52.5 Å². The third-order valence-electron chi connectivity index (χ3n) is 5.48. The van der Waals surface area contributed by atoms with E-state index in [-0.39, 0.29) is 6.04 Å². The first-order valence-electron chi connectivity index (χ1n) is 10.2. The van der Waals surface area contributed by atoms with E-state index in [0.29, 0.717) is 19.6 Å². The molecule has 0 saturated carbocycles. The Kier molecular flexibility index (Phi) is 5.13. The average molecular weight is 400 g/mol. The fourth-order valence-electron chi connectivity index (χ4n) is 3.88. The molecule has 0 amide bonds. The van der Waals surface area contributed by atoms with Crippen LogP contribution in [0, 0.1) is 0 Å². The van der Waals surface area contributed by atoms with Crippen molar-refractivity contribution in [3.05, 3.63) is 72.3 Å². The van der Waals surface area contributed by atoms with Crippen molar-refractivity contribution in [2.45, 2.75) is 12.5 Å². The van der Waals surface area contributed by atoms with Gasteiger partial charge < -0.3 is 20.4 Å². The Balaban J connectivity index is 1.56. The van der Waals surface area contributed by atoms with E-state index in [1.807, 2.05) is 30.6 Å². The molecule has 0 bridgehead atoms. The number of aromatic nitrogens is 4. The van der Waals surface area contributed by atoms with Crippen molar-refractivity contribution < 1.29 is 4.74 Å². The lowest BCUT2D eigenvalue weighted by atomic mass is 10.0. The Hall–Kier alpha value is -3.29. The molecule has 1 saturated heterocycles. The molecule has 1 aromatic carbocycles. The van der Waals surface area contributed by atoms with Gasteiger partial charge in [0.25, 0.3) is 0 Å². The molecular formula is C23H24N6O. The zero-order valence-corrected chi connectivity index (χ0v) is 16.7. The van der Waals surface area contributed by atoms with Crippen molar-refractivity contribution in [2.75, 3.05) is 31.2 Å². The summed E-state index contributed by atoms with van der Waals surface area (Å²) < 4.78 is 5.52. The minimum absolute atomic E-state index is 0.179. The van der Waals surface area contributed by atoms with Gasteiger partial charge in [-0.3, -0.25) is 4.98 Å². The van der Waals surface area contributed by atoms with Crippen molar-refractivity contribution in [1.82, 2.24) is 19.9 Å². The Bertz CT molecular complexity index is 1140. The molecule has 1 fully saturated rings. The number of aromatic amines is 1. The summed E-state index contributed by atoms with van der Waals surface area (Å²) in [5.41, 5.74) is 10.5. The van der Waals surface area contributed by atoms with Gasteiger partial charge in [0.05, 0.1) is 13.2 Å². The van der Waals surface area contributed by atoms with E-state index in [1.165, 1.54) is 0 Å². The first-order chi connectivity index (χ1) is 14.8. The number of nitrogens with one attached hydrogen (secondary N) is 1. The van der Waals surface area contributed by atoms with Gasteiger partial charge in [0.2, 0.25) is 0 Å². The van der Waals surface area contributed by atoms with Crippen LogP contribution in [0.15, 0.2) is 61.1 Å². The maximum absolute atomic E-state index is 6.48. The molecule has 152 valence electrons. The number of ether oxygens (including phenoxy) is 1. The molecule has 3 N–H and O–H groups in total. The quantitative estimate of drug-likeness (QED) is 0.535. The maximum atomic E-state index is 6.48. The minimum Gasteiger partial charge on any atom is -0.378 e. The molecule has 0 aliphatic carbocycles. The molecule has 4 aromatic rings. The predicted molar refractivity (Wildman–Crippen MR) is 117 cm³/mol. The first kappa shape index (κ1) is 18.7. The fourth-order valence-corrected chi connectivity index (χ4v) is 3.88. The average Bonchev–Trinajstić information content (AvgIpc) is 3.29. The number of hydrogen-bond donors (Lipinski definition) is 2. The Morgan fingerprint density at radius 3 is 2.83 bits per heavy atom. The largest absolute Gasteiger partial charge is 0.378 e. The van der Waals surface area contributed by atoms with Crippen LogP contribution in [-0.4, -0.2) is 46.2 Å². The van der Waals surface area contributed by atoms with E-state index < -0.39 is 0 Å². The van der Waals surface area contributed by atoms with Crippen LogP contribution in [0.1, 0.15) is 17.3 Å². The van der Waals surface area contributed by atoms with E-state index in [1.54, 1.807) is 6.20 Å². The van der Waals surface area contributed by atoms with Crippen molar-refractivity contribution in [1.29, 1.82) is 0 Å². The molecule has 3 aromatic heterocycles. The Morgan fingerprint density at radius 2 is 2.00 bits per heavy atom. The standard InChI is InChI=1S/C23H24N6O/c24-20(16-3-2-7-25-15-16)13-17-14-22(29-9-11-30-12-10-29)28-23(27-17)19-4-1-5-21-18(19)6-8-26-21/h1-8,14-15,20,26H,9-13,24H2. The Morgan fingerprint density at radius 1 is 1.10 bits per heavy atom. The number of pyridine rings is 1. The van der Waals surface area contributed by atoms with Crippen LogP contribution in [0.4, 0.5) is 5.82 Å². The predicted octanol–water partition coefficient (Wildman–Crippen LogP) is 3.10. The number of nitrogens with two attached hydrogens (primary N) is 1. The molecule has 4 heterocycles. The van der Waals surface area contributed by atoms with Crippen LogP contribution in [0.25, 0.3) is 22.3 Å². The Labute approximate surface area is 174 Å². The van der Waals surface area contributed by atoms with Crippen molar-refractivity contribution in [3.8, 4) is 11.4 Å². The van der Waals surface area contributed by atoms with E-state index in [2.05, 4.69) is 39.1 Å². The normalized spacial score (nSPS) is 15.4. The van der Waals surface area contributed by atoms with Gasteiger partial charge >= 0.3 is 0 Å². The summed E-state index contributed by atoms with van der Waals surface area (Å²) in [6.07, 6.45) is 6.13. The van der Waals surface area contributed by atoms with E-state index >= 15 is 0 Å². The van der Waals surface area contributed by atoms with Crippen LogP contribution in [-0.2, 0) is 11.2 Å². The lowest BCUT2D eigenvalue weighted by Crippen LogP contribution is -2.37. The highest BCUT2D eigenvalue weighted by Crippen LogP contribution is 2.28. The van der Waals surface area contributed by atoms with Crippen LogP contribution in [0.5, 0.6) is 0 Å². The number of nitrogens with zero attached hydrogens (tertiary/aromatic N) is 4. The van der Waals surface area contributed by atoms with Crippen LogP contribution in [0.2, 0.25) is 0 Å². The van der Waals surface area contributed by atoms with Gasteiger partial charge in [0.1, 0.15) is 5.82 Å². The van der Waals surface area contributed by atoms with Gasteiger partial charge in [-0.2, -0.15) is 0 Å². The lowest BCUT2D eigenvalue weighted by Gasteiger charge is -2.28. The molecule has 1 aliphatic rings. The number of rotatable bonds is 5. The van der Waals surface area contributed by atoms with Gasteiger partial charge in [0.15, 0.2) is 5.82 Å². The second-order valence-electron chi connectivity index (χ2n) is 7.48. The van der Waals surface area contributed by atoms with Gasteiger partial charge in [-0.15, -0.1) is 0 Å². The van der Waals surface area contributed by atoms with Gasteiger partial charge in [-0.25, -0.2) is 9.97 Å². The second-order valence-corrected chi connectivity index (χ2v) is 7.48. The highest BCUT2D eigenvalue weighted by Gasteiger charge is 2.18. The molecule has 30 heavy (non-hydrogen) atoms. The van der Waals surface area contributed by atoms with Crippen molar-refractivity contribution >= 4 is 16.7 Å². The van der Waals surface area contributed by atoms with E-state index in [9.17, 15) is 0 Å². The minimum atomic E-state index is -0.179. The first-order valence-corrected chi connectivity index (χ1v) is 10.2. The number of fused-ring (bicyclic) bond motifs is 1. The smallest absolute Gasteiger partial charge is 0.162 e. The molecule has 0 spiro atoms.